The van der Waals surface area contributed by atoms with Crippen LogP contribution in [-0.4, -0.2) is 24.1 Å². The largest absolute Gasteiger partial charge is 0.392 e. The summed E-state index contributed by atoms with van der Waals surface area (Å²) in [6.45, 7) is 1.63. The lowest BCUT2D eigenvalue weighted by Crippen LogP contribution is -2.41. The molecule has 1 amide bonds. The lowest BCUT2D eigenvalue weighted by atomic mass is 9.97. The van der Waals surface area contributed by atoms with Crippen molar-refractivity contribution in [2.75, 3.05) is 18.0 Å². The van der Waals surface area contributed by atoms with Gasteiger partial charge in [-0.1, -0.05) is 6.07 Å². The van der Waals surface area contributed by atoms with Crippen LogP contribution in [0.1, 0.15) is 18.4 Å². The highest BCUT2D eigenvalue weighted by atomic mass is 79.9. The van der Waals surface area contributed by atoms with E-state index >= 15 is 0 Å². The van der Waals surface area contributed by atoms with Crippen LogP contribution in [-0.2, 0) is 11.4 Å². The van der Waals surface area contributed by atoms with Gasteiger partial charge < -0.3 is 15.7 Å². The summed E-state index contributed by atoms with van der Waals surface area (Å²) in [7, 11) is 0. The number of rotatable bonds is 3. The van der Waals surface area contributed by atoms with Gasteiger partial charge in [-0.25, -0.2) is 0 Å². The number of nitrogens with two attached hydrogens (primary N) is 1. The molecule has 4 nitrogen and oxygen atoms in total. The molecule has 1 unspecified atom stereocenters. The fourth-order valence-corrected chi connectivity index (χ4v) is 3.01. The number of nitrogens with zero attached hydrogens (tertiary/aromatic N) is 1. The second kappa shape index (κ2) is 5.71. The molecule has 1 aliphatic heterocycles. The summed E-state index contributed by atoms with van der Waals surface area (Å²) in [5, 5.41) is 9.08. The zero-order valence-corrected chi connectivity index (χ0v) is 11.7. The Morgan fingerprint density at radius 3 is 2.94 bits per heavy atom. The van der Waals surface area contributed by atoms with Crippen LogP contribution >= 0.6 is 15.9 Å². The average molecular weight is 313 g/mol. The molecule has 1 heterocycles. The number of hydrogen-bond acceptors (Lipinski definition) is 3. The van der Waals surface area contributed by atoms with Crippen LogP contribution in [0.2, 0.25) is 0 Å². The summed E-state index contributed by atoms with van der Waals surface area (Å²) in [5.41, 5.74) is 7.30. The minimum absolute atomic E-state index is 0.0305. The van der Waals surface area contributed by atoms with Crippen molar-refractivity contribution < 1.29 is 9.90 Å². The third kappa shape index (κ3) is 2.84. The normalized spacial score (nSPS) is 19.9. The van der Waals surface area contributed by atoms with Gasteiger partial charge in [-0.2, -0.15) is 0 Å². The number of piperidine rings is 1. The Morgan fingerprint density at radius 2 is 2.33 bits per heavy atom. The van der Waals surface area contributed by atoms with Gasteiger partial charge >= 0.3 is 0 Å². The van der Waals surface area contributed by atoms with Crippen molar-refractivity contribution in [1.82, 2.24) is 0 Å². The fourth-order valence-electron chi connectivity index (χ4n) is 2.33. The van der Waals surface area contributed by atoms with E-state index in [1.54, 1.807) is 0 Å². The molecule has 0 aromatic heterocycles. The number of aliphatic hydroxyl groups excluding tert-OH is 1. The highest BCUT2D eigenvalue weighted by Crippen LogP contribution is 2.30. The zero-order chi connectivity index (χ0) is 13.1. The molecule has 3 N–H and O–H groups in total. The predicted octanol–water partition coefficient (Wildman–Crippen LogP) is 1.64. The number of hydrogen-bond donors (Lipinski definition) is 2. The second-order valence-electron chi connectivity index (χ2n) is 4.63. The Kier molecular flexibility index (Phi) is 4.24. The second-order valence-corrected chi connectivity index (χ2v) is 5.49. The molecule has 2 rings (SSSR count). The molecule has 0 bridgehead atoms. The van der Waals surface area contributed by atoms with E-state index in [0.717, 1.165) is 35.1 Å². The topological polar surface area (TPSA) is 66.6 Å². The number of halogens is 1. The molecule has 1 saturated heterocycles. The monoisotopic (exact) mass is 312 g/mol. The average Bonchev–Trinajstić information content (AvgIpc) is 2.38. The van der Waals surface area contributed by atoms with Crippen molar-refractivity contribution in [3.63, 3.8) is 0 Å². The van der Waals surface area contributed by atoms with E-state index in [1.165, 1.54) is 0 Å². The summed E-state index contributed by atoms with van der Waals surface area (Å²) in [6.07, 6.45) is 1.85. The Balaban J connectivity index is 2.18. The lowest BCUT2D eigenvalue weighted by Gasteiger charge is -2.33. The fraction of sp³-hybridized carbons (Fsp3) is 0.462. The number of carbonyl (C=O) groups is 1. The highest BCUT2D eigenvalue weighted by molar-refractivity contribution is 9.10. The van der Waals surface area contributed by atoms with Crippen LogP contribution in [0.25, 0.3) is 0 Å². The summed E-state index contributed by atoms with van der Waals surface area (Å²) in [6, 6.07) is 5.77. The molecule has 5 heteroatoms. The van der Waals surface area contributed by atoms with E-state index < -0.39 is 0 Å². The van der Waals surface area contributed by atoms with Crippen LogP contribution in [0.3, 0.4) is 0 Å². The van der Waals surface area contributed by atoms with Gasteiger partial charge in [0, 0.05) is 17.6 Å². The van der Waals surface area contributed by atoms with Crippen molar-refractivity contribution in [3.05, 3.63) is 28.2 Å². The van der Waals surface area contributed by atoms with Gasteiger partial charge in [-0.05, 0) is 46.5 Å². The summed E-state index contributed by atoms with van der Waals surface area (Å²) >= 11 is 3.51. The maximum Gasteiger partial charge on any atom is 0.222 e. The van der Waals surface area contributed by atoms with Gasteiger partial charge in [-0.3, -0.25) is 4.79 Å². The molecule has 0 radical (unpaired) electrons. The maximum atomic E-state index is 11.3. The van der Waals surface area contributed by atoms with Gasteiger partial charge in [0.1, 0.15) is 0 Å². The number of amides is 1. The predicted molar refractivity (Wildman–Crippen MR) is 74.2 cm³/mol. The van der Waals surface area contributed by atoms with Gasteiger partial charge in [0.15, 0.2) is 0 Å². The first-order chi connectivity index (χ1) is 8.61. The summed E-state index contributed by atoms with van der Waals surface area (Å²) in [5.74, 6) is -0.286. The third-order valence-corrected chi connectivity index (χ3v) is 3.99. The van der Waals surface area contributed by atoms with E-state index in [-0.39, 0.29) is 18.4 Å². The molecule has 1 atom stereocenters. The molecule has 98 valence electrons. The molecule has 1 aliphatic rings. The number of primary amides is 1. The van der Waals surface area contributed by atoms with Crippen molar-refractivity contribution in [2.24, 2.45) is 11.7 Å². The zero-order valence-electron chi connectivity index (χ0n) is 10.1. The minimum atomic E-state index is -0.220. The van der Waals surface area contributed by atoms with Crippen LogP contribution in [0.15, 0.2) is 22.7 Å². The molecule has 0 aliphatic carbocycles. The van der Waals surface area contributed by atoms with Crippen molar-refractivity contribution in [1.29, 1.82) is 0 Å². The quantitative estimate of drug-likeness (QED) is 0.891. The number of aliphatic hydroxyl groups is 1. The molecule has 0 spiro atoms. The molecule has 1 aromatic rings. The standard InChI is InChI=1S/C13H17BrN2O2/c14-11-6-9(8-17)3-4-12(11)16-5-1-2-10(7-16)13(15)18/h3-4,6,10,17H,1-2,5,7-8H2,(H2,15,18). The molecule has 1 aromatic carbocycles. The van der Waals surface area contributed by atoms with E-state index in [1.807, 2.05) is 18.2 Å². The van der Waals surface area contributed by atoms with Gasteiger partial charge in [0.2, 0.25) is 5.91 Å². The van der Waals surface area contributed by atoms with E-state index in [9.17, 15) is 4.79 Å². The Labute approximate surface area is 115 Å². The van der Waals surface area contributed by atoms with Gasteiger partial charge in [0.05, 0.1) is 18.2 Å². The van der Waals surface area contributed by atoms with E-state index in [2.05, 4.69) is 20.8 Å². The van der Waals surface area contributed by atoms with Crippen LogP contribution in [0, 0.1) is 5.92 Å². The number of carbonyl (C=O) groups excluding carboxylic acids is 1. The van der Waals surface area contributed by atoms with Gasteiger partial charge in [0.25, 0.3) is 0 Å². The minimum Gasteiger partial charge on any atom is -0.392 e. The molecular weight excluding hydrogens is 296 g/mol. The molecular formula is C13H17BrN2O2. The van der Waals surface area contributed by atoms with Crippen molar-refractivity contribution in [2.45, 2.75) is 19.4 Å². The van der Waals surface area contributed by atoms with E-state index in [4.69, 9.17) is 10.8 Å². The molecule has 1 fully saturated rings. The summed E-state index contributed by atoms with van der Waals surface area (Å²) in [4.78, 5) is 13.4. The number of benzene rings is 1. The maximum absolute atomic E-state index is 11.3. The van der Waals surface area contributed by atoms with Crippen molar-refractivity contribution in [3.8, 4) is 0 Å². The van der Waals surface area contributed by atoms with Crippen LogP contribution < -0.4 is 10.6 Å². The molecule has 18 heavy (non-hydrogen) atoms. The third-order valence-electron chi connectivity index (χ3n) is 3.36. The first-order valence-electron chi connectivity index (χ1n) is 6.05. The van der Waals surface area contributed by atoms with E-state index in [0.29, 0.717) is 6.54 Å². The highest BCUT2D eigenvalue weighted by Gasteiger charge is 2.25. The number of anilines is 1. The lowest BCUT2D eigenvalue weighted by molar-refractivity contribution is -0.122. The van der Waals surface area contributed by atoms with Crippen molar-refractivity contribution >= 4 is 27.5 Å². The molecule has 0 saturated carbocycles. The summed E-state index contributed by atoms with van der Waals surface area (Å²) < 4.78 is 0.944. The SMILES string of the molecule is NC(=O)C1CCCN(c2ccc(CO)cc2Br)C1. The van der Waals surface area contributed by atoms with Gasteiger partial charge in [-0.15, -0.1) is 0 Å². The Hall–Kier alpha value is -1.07. The Morgan fingerprint density at radius 1 is 1.56 bits per heavy atom. The van der Waals surface area contributed by atoms with Crippen LogP contribution in [0.5, 0.6) is 0 Å². The van der Waals surface area contributed by atoms with Crippen LogP contribution in [0.4, 0.5) is 5.69 Å². The first kappa shape index (κ1) is 13.4. The smallest absolute Gasteiger partial charge is 0.222 e. The Bertz CT molecular complexity index is 451. The first-order valence-corrected chi connectivity index (χ1v) is 6.84.